The van der Waals surface area contributed by atoms with Crippen molar-refractivity contribution in [2.24, 2.45) is 0 Å². The smallest absolute Gasteiger partial charge is 0.420 e. The first-order valence-corrected chi connectivity index (χ1v) is 7.51. The fraction of sp³-hybridized carbons (Fsp3) is 0.222. The molecule has 0 aliphatic heterocycles. The minimum Gasteiger partial charge on any atom is -0.449 e. The zero-order valence-corrected chi connectivity index (χ0v) is 12.5. The Kier molecular flexibility index (Phi) is 4.19. The van der Waals surface area contributed by atoms with Gasteiger partial charge in [0.15, 0.2) is 5.82 Å². The van der Waals surface area contributed by atoms with Crippen molar-refractivity contribution in [3.8, 4) is 11.4 Å². The Bertz CT molecular complexity index is 778. The van der Waals surface area contributed by atoms with Crippen molar-refractivity contribution >= 4 is 17.1 Å². The van der Waals surface area contributed by atoms with E-state index in [0.29, 0.717) is 12.4 Å². The Morgan fingerprint density at radius 3 is 2.59 bits per heavy atom. The number of carbonyl (C=O) groups is 1. The second-order valence-corrected chi connectivity index (χ2v) is 5.09. The molecule has 3 aromatic rings. The zero-order chi connectivity index (χ0) is 15.4. The number of hydrogen-bond donors (Lipinski definition) is 0. The highest BCUT2D eigenvalue weighted by Crippen LogP contribution is 2.24. The summed E-state index contributed by atoms with van der Waals surface area (Å²) >= 11 is 0. The van der Waals surface area contributed by atoms with Crippen molar-refractivity contribution in [2.45, 2.75) is 19.8 Å². The molecule has 0 spiro atoms. The van der Waals surface area contributed by atoms with Gasteiger partial charge in [-0.3, -0.25) is 0 Å². The number of ether oxygens (including phenoxy) is 1. The Labute approximate surface area is 129 Å². The van der Waals surface area contributed by atoms with Gasteiger partial charge >= 0.3 is 6.09 Å². The first-order valence-electron chi connectivity index (χ1n) is 7.51. The van der Waals surface area contributed by atoms with Crippen molar-refractivity contribution in [3.63, 3.8) is 0 Å². The lowest BCUT2D eigenvalue weighted by Crippen LogP contribution is -2.15. The van der Waals surface area contributed by atoms with Gasteiger partial charge in [-0.05, 0) is 18.6 Å². The maximum atomic E-state index is 12.5. The maximum absolute atomic E-state index is 12.5. The van der Waals surface area contributed by atoms with Crippen molar-refractivity contribution in [1.29, 1.82) is 0 Å². The summed E-state index contributed by atoms with van der Waals surface area (Å²) in [6.45, 7) is 2.49. The van der Waals surface area contributed by atoms with E-state index in [2.05, 4.69) is 11.9 Å². The van der Waals surface area contributed by atoms with Gasteiger partial charge in [0.1, 0.15) is 0 Å². The molecule has 4 heteroatoms. The fourth-order valence-electron chi connectivity index (χ4n) is 2.36. The predicted molar refractivity (Wildman–Crippen MR) is 86.8 cm³/mol. The molecule has 1 heterocycles. The van der Waals surface area contributed by atoms with E-state index in [4.69, 9.17) is 4.74 Å². The van der Waals surface area contributed by atoms with Crippen LogP contribution in [0, 0.1) is 0 Å². The summed E-state index contributed by atoms with van der Waals surface area (Å²) in [6, 6.07) is 17.3. The Hall–Kier alpha value is -2.62. The number of nitrogens with zero attached hydrogens (tertiary/aromatic N) is 2. The number of aromatic nitrogens is 2. The quantitative estimate of drug-likeness (QED) is 0.666. The van der Waals surface area contributed by atoms with Gasteiger partial charge in [-0.25, -0.2) is 14.3 Å². The molecule has 1 aromatic heterocycles. The minimum absolute atomic E-state index is 0.374. The van der Waals surface area contributed by atoms with E-state index in [1.165, 1.54) is 0 Å². The van der Waals surface area contributed by atoms with Crippen molar-refractivity contribution in [3.05, 3.63) is 54.6 Å². The average Bonchev–Trinajstić information content (AvgIpc) is 2.95. The molecule has 3 rings (SSSR count). The second kappa shape index (κ2) is 6.43. The van der Waals surface area contributed by atoms with Crippen molar-refractivity contribution < 1.29 is 9.53 Å². The Balaban J connectivity index is 2.07. The Morgan fingerprint density at radius 2 is 1.82 bits per heavy atom. The van der Waals surface area contributed by atoms with E-state index in [1.807, 2.05) is 54.6 Å². The number of carbonyl (C=O) groups excluding carboxylic acids is 1. The van der Waals surface area contributed by atoms with Gasteiger partial charge in [0.25, 0.3) is 0 Å². The molecule has 0 atom stereocenters. The number of para-hydroxylation sites is 2. The average molecular weight is 294 g/mol. The van der Waals surface area contributed by atoms with Crippen LogP contribution in [-0.4, -0.2) is 22.3 Å². The van der Waals surface area contributed by atoms with Crippen LogP contribution in [0.2, 0.25) is 0 Å². The van der Waals surface area contributed by atoms with E-state index >= 15 is 0 Å². The van der Waals surface area contributed by atoms with Gasteiger partial charge in [0.05, 0.1) is 17.6 Å². The third-order valence-electron chi connectivity index (χ3n) is 3.50. The molecule has 0 radical (unpaired) electrons. The zero-order valence-electron chi connectivity index (χ0n) is 12.5. The minimum atomic E-state index is -0.374. The van der Waals surface area contributed by atoms with E-state index in [0.717, 1.165) is 29.4 Å². The van der Waals surface area contributed by atoms with Crippen LogP contribution < -0.4 is 0 Å². The number of benzene rings is 2. The van der Waals surface area contributed by atoms with E-state index in [-0.39, 0.29) is 6.09 Å². The van der Waals surface area contributed by atoms with Crippen molar-refractivity contribution in [1.82, 2.24) is 9.55 Å². The summed E-state index contributed by atoms with van der Waals surface area (Å²) in [7, 11) is 0. The molecule has 4 nitrogen and oxygen atoms in total. The molecule has 22 heavy (non-hydrogen) atoms. The summed E-state index contributed by atoms with van der Waals surface area (Å²) in [4.78, 5) is 17.1. The monoisotopic (exact) mass is 294 g/mol. The molecule has 0 aliphatic rings. The van der Waals surface area contributed by atoms with Crippen LogP contribution in [0.3, 0.4) is 0 Å². The number of hydrogen-bond acceptors (Lipinski definition) is 3. The van der Waals surface area contributed by atoms with Gasteiger partial charge in [-0.15, -0.1) is 0 Å². The highest BCUT2D eigenvalue weighted by atomic mass is 16.5. The summed E-state index contributed by atoms with van der Waals surface area (Å²) in [5.74, 6) is 0.614. The highest BCUT2D eigenvalue weighted by Gasteiger charge is 2.18. The third kappa shape index (κ3) is 2.72. The first kappa shape index (κ1) is 14.3. The standard InChI is InChI=1S/C18H18N2O2/c1-2-3-13-22-18(21)20-16-12-8-7-11-15(16)19-17(20)14-9-5-4-6-10-14/h4-12H,2-3,13H2,1H3. The molecule has 0 aliphatic carbocycles. The SMILES string of the molecule is CCCCOC(=O)n1c(-c2ccccc2)nc2ccccc21. The van der Waals surface area contributed by atoms with Crippen molar-refractivity contribution in [2.75, 3.05) is 6.61 Å². The van der Waals surface area contributed by atoms with Crippen LogP contribution in [0.15, 0.2) is 54.6 Å². The summed E-state index contributed by atoms with van der Waals surface area (Å²) in [5.41, 5.74) is 2.45. The molecule has 0 saturated carbocycles. The molecule has 0 N–H and O–H groups in total. The molecular formula is C18H18N2O2. The summed E-state index contributed by atoms with van der Waals surface area (Å²) < 4.78 is 6.94. The Morgan fingerprint density at radius 1 is 1.09 bits per heavy atom. The van der Waals surface area contributed by atoms with Crippen LogP contribution >= 0.6 is 0 Å². The van der Waals surface area contributed by atoms with Crippen LogP contribution in [0.1, 0.15) is 19.8 Å². The number of fused-ring (bicyclic) bond motifs is 1. The topological polar surface area (TPSA) is 44.1 Å². The van der Waals surface area contributed by atoms with Crippen LogP contribution in [-0.2, 0) is 4.74 Å². The van der Waals surface area contributed by atoms with Crippen LogP contribution in [0.4, 0.5) is 4.79 Å². The van der Waals surface area contributed by atoms with Gasteiger partial charge < -0.3 is 4.74 Å². The summed E-state index contributed by atoms with van der Waals surface area (Å²) in [5, 5.41) is 0. The van der Waals surface area contributed by atoms with Gasteiger partial charge in [-0.2, -0.15) is 0 Å². The van der Waals surface area contributed by atoms with Crippen LogP contribution in [0.25, 0.3) is 22.4 Å². The largest absolute Gasteiger partial charge is 0.449 e. The summed E-state index contributed by atoms with van der Waals surface area (Å²) in [6.07, 6.45) is 1.48. The molecule has 0 bridgehead atoms. The lowest BCUT2D eigenvalue weighted by molar-refractivity contribution is 0.147. The molecule has 112 valence electrons. The molecule has 0 saturated heterocycles. The maximum Gasteiger partial charge on any atom is 0.420 e. The first-order chi connectivity index (χ1) is 10.8. The third-order valence-corrected chi connectivity index (χ3v) is 3.50. The number of imidazole rings is 1. The molecule has 2 aromatic carbocycles. The molecule has 0 amide bonds. The number of rotatable bonds is 4. The lowest BCUT2D eigenvalue weighted by Gasteiger charge is -2.08. The highest BCUT2D eigenvalue weighted by molar-refractivity contribution is 5.91. The van der Waals surface area contributed by atoms with Gasteiger partial charge in [0, 0.05) is 5.56 Å². The van der Waals surface area contributed by atoms with Gasteiger partial charge in [-0.1, -0.05) is 55.8 Å². The fourth-order valence-corrected chi connectivity index (χ4v) is 2.36. The lowest BCUT2D eigenvalue weighted by atomic mass is 10.2. The van der Waals surface area contributed by atoms with E-state index < -0.39 is 0 Å². The number of unbranched alkanes of at least 4 members (excludes halogenated alkanes) is 1. The second-order valence-electron chi connectivity index (χ2n) is 5.09. The van der Waals surface area contributed by atoms with Gasteiger partial charge in [0.2, 0.25) is 0 Å². The molecular weight excluding hydrogens is 276 g/mol. The molecule has 0 unspecified atom stereocenters. The van der Waals surface area contributed by atoms with E-state index in [1.54, 1.807) is 4.57 Å². The van der Waals surface area contributed by atoms with E-state index in [9.17, 15) is 4.79 Å². The predicted octanol–water partition coefficient (Wildman–Crippen LogP) is 4.49. The normalized spacial score (nSPS) is 10.8. The van der Waals surface area contributed by atoms with Crippen LogP contribution in [0.5, 0.6) is 0 Å². The molecule has 0 fully saturated rings.